The van der Waals surface area contributed by atoms with Crippen molar-refractivity contribution in [1.82, 2.24) is 14.8 Å². The Bertz CT molecular complexity index is 1030. The smallest absolute Gasteiger partial charge is 0.411 e. The predicted octanol–water partition coefficient (Wildman–Crippen LogP) is 3.25. The number of amides is 2. The van der Waals surface area contributed by atoms with Gasteiger partial charge >= 0.3 is 12.1 Å². The van der Waals surface area contributed by atoms with Gasteiger partial charge in [-0.3, -0.25) is 9.69 Å². The Hall–Kier alpha value is -2.88. The molecule has 0 aliphatic carbocycles. The third-order valence-electron chi connectivity index (χ3n) is 4.59. The highest BCUT2D eigenvalue weighted by atomic mass is 35.5. The van der Waals surface area contributed by atoms with E-state index in [4.69, 9.17) is 16.3 Å². The average molecular weight is 444 g/mol. The second-order valence-corrected chi connectivity index (χ2v) is 8.25. The van der Waals surface area contributed by atoms with E-state index in [2.05, 4.69) is 4.98 Å². The average Bonchev–Trinajstić information content (AvgIpc) is 2.99. The van der Waals surface area contributed by atoms with Crippen LogP contribution in [0.2, 0.25) is 5.02 Å². The van der Waals surface area contributed by atoms with E-state index in [9.17, 15) is 28.3 Å². The largest absolute Gasteiger partial charge is 0.480 e. The summed E-state index contributed by atoms with van der Waals surface area (Å²) in [4.78, 5) is 41.6. The molecule has 11 heteroatoms. The van der Waals surface area contributed by atoms with Gasteiger partial charge in [-0.1, -0.05) is 11.6 Å². The van der Waals surface area contributed by atoms with Crippen molar-refractivity contribution in [3.05, 3.63) is 34.5 Å². The van der Waals surface area contributed by atoms with Gasteiger partial charge in [0.15, 0.2) is 11.9 Å². The number of ether oxygens (including phenoxy) is 1. The standard InChI is InChI=1S/C19H20ClF2N3O5/c1-19(2,3)30-18(29)25-7-6-24(8-11(25)17(27)28)16(26)15-14(22)12-10(23-15)5-4-9(21)13(12)20/h4-5,11,23H,6-8H2,1-3H3,(H,27,28). The van der Waals surface area contributed by atoms with Crippen LogP contribution >= 0.6 is 11.6 Å². The molecule has 1 fully saturated rings. The number of fused-ring (bicyclic) bond motifs is 1. The molecular formula is C19H20ClF2N3O5. The van der Waals surface area contributed by atoms with Crippen molar-refractivity contribution in [2.45, 2.75) is 32.4 Å². The summed E-state index contributed by atoms with van der Waals surface area (Å²) in [6, 6.07) is 0.914. The summed E-state index contributed by atoms with van der Waals surface area (Å²) in [5.74, 6) is -4.02. The zero-order valence-electron chi connectivity index (χ0n) is 16.5. The van der Waals surface area contributed by atoms with Crippen LogP contribution in [0.25, 0.3) is 10.9 Å². The highest BCUT2D eigenvalue weighted by Crippen LogP contribution is 2.31. The lowest BCUT2D eigenvalue weighted by atomic mass is 10.1. The molecule has 1 unspecified atom stereocenters. The lowest BCUT2D eigenvalue weighted by Crippen LogP contribution is -2.60. The third kappa shape index (κ3) is 4.04. The minimum atomic E-state index is -1.37. The van der Waals surface area contributed by atoms with Crippen molar-refractivity contribution in [2.75, 3.05) is 19.6 Å². The molecule has 1 aromatic carbocycles. The number of rotatable bonds is 2. The molecular weight excluding hydrogens is 424 g/mol. The van der Waals surface area contributed by atoms with Crippen LogP contribution in [-0.2, 0) is 9.53 Å². The van der Waals surface area contributed by atoms with Gasteiger partial charge in [-0.15, -0.1) is 0 Å². The molecule has 3 rings (SSSR count). The van der Waals surface area contributed by atoms with Crippen LogP contribution in [0.3, 0.4) is 0 Å². The summed E-state index contributed by atoms with van der Waals surface area (Å²) in [6.45, 7) is 4.41. The number of hydrogen-bond acceptors (Lipinski definition) is 4. The summed E-state index contributed by atoms with van der Waals surface area (Å²) in [5, 5.41) is 8.81. The fourth-order valence-electron chi connectivity index (χ4n) is 3.21. The van der Waals surface area contributed by atoms with Crippen LogP contribution in [0.15, 0.2) is 12.1 Å². The number of carbonyl (C=O) groups is 3. The van der Waals surface area contributed by atoms with Crippen molar-refractivity contribution in [3.63, 3.8) is 0 Å². The molecule has 0 bridgehead atoms. The SMILES string of the molecule is CC(C)(C)OC(=O)N1CCN(C(=O)c2[nH]c3ccc(F)c(Cl)c3c2F)CC1C(=O)O. The first-order valence-electron chi connectivity index (χ1n) is 9.07. The van der Waals surface area contributed by atoms with E-state index < -0.39 is 52.0 Å². The number of aliphatic carboxylic acids is 1. The molecule has 1 saturated heterocycles. The van der Waals surface area contributed by atoms with Gasteiger partial charge in [0.05, 0.1) is 22.5 Å². The number of H-pyrrole nitrogens is 1. The van der Waals surface area contributed by atoms with E-state index in [0.29, 0.717) is 0 Å². The number of aromatic nitrogens is 1. The Balaban J connectivity index is 1.86. The van der Waals surface area contributed by atoms with Gasteiger partial charge in [0.25, 0.3) is 5.91 Å². The highest BCUT2D eigenvalue weighted by molar-refractivity contribution is 6.35. The molecule has 8 nitrogen and oxygen atoms in total. The van der Waals surface area contributed by atoms with Gasteiger partial charge in [-0.05, 0) is 32.9 Å². The van der Waals surface area contributed by atoms with E-state index in [1.54, 1.807) is 20.8 Å². The molecule has 2 aromatic rings. The fraction of sp³-hybridized carbons (Fsp3) is 0.421. The van der Waals surface area contributed by atoms with Gasteiger partial charge in [0.1, 0.15) is 17.1 Å². The molecule has 2 N–H and O–H groups in total. The minimum Gasteiger partial charge on any atom is -0.480 e. The zero-order valence-corrected chi connectivity index (χ0v) is 17.2. The van der Waals surface area contributed by atoms with Gasteiger partial charge in [0, 0.05) is 13.1 Å². The molecule has 1 aliphatic rings. The van der Waals surface area contributed by atoms with E-state index in [1.807, 2.05) is 0 Å². The molecule has 2 amide bonds. The summed E-state index contributed by atoms with van der Waals surface area (Å²) in [7, 11) is 0. The van der Waals surface area contributed by atoms with Gasteiger partial charge in [0.2, 0.25) is 0 Å². The summed E-state index contributed by atoms with van der Waals surface area (Å²) in [6.07, 6.45) is -0.818. The Morgan fingerprint density at radius 1 is 1.23 bits per heavy atom. The third-order valence-corrected chi connectivity index (χ3v) is 4.96. The van der Waals surface area contributed by atoms with Gasteiger partial charge in [-0.2, -0.15) is 0 Å². The number of nitrogens with one attached hydrogen (secondary N) is 1. The molecule has 1 aromatic heterocycles. The Kier molecular flexibility index (Phi) is 5.64. The fourth-order valence-corrected chi connectivity index (χ4v) is 3.45. The molecule has 1 aliphatic heterocycles. The monoisotopic (exact) mass is 443 g/mol. The van der Waals surface area contributed by atoms with E-state index in [0.717, 1.165) is 15.9 Å². The van der Waals surface area contributed by atoms with E-state index in [1.165, 1.54) is 6.07 Å². The number of carbonyl (C=O) groups excluding carboxylic acids is 2. The van der Waals surface area contributed by atoms with Crippen LogP contribution in [-0.4, -0.2) is 69.1 Å². The summed E-state index contributed by atoms with van der Waals surface area (Å²) in [5.41, 5.74) is -1.16. The number of benzene rings is 1. The zero-order chi connectivity index (χ0) is 22.4. The first-order chi connectivity index (χ1) is 13.9. The molecule has 2 heterocycles. The van der Waals surface area contributed by atoms with Crippen molar-refractivity contribution < 1.29 is 33.0 Å². The van der Waals surface area contributed by atoms with Gasteiger partial charge < -0.3 is 19.7 Å². The maximum absolute atomic E-state index is 14.8. The number of piperazine rings is 1. The number of carboxylic acid groups (broad SMARTS) is 1. The minimum absolute atomic E-state index is 0.0429. The van der Waals surface area contributed by atoms with Crippen LogP contribution in [0, 0.1) is 11.6 Å². The summed E-state index contributed by atoms with van der Waals surface area (Å²) >= 11 is 5.81. The Morgan fingerprint density at radius 3 is 2.50 bits per heavy atom. The topological polar surface area (TPSA) is 103 Å². The van der Waals surface area contributed by atoms with Crippen LogP contribution in [0.4, 0.5) is 13.6 Å². The number of aromatic amines is 1. The van der Waals surface area contributed by atoms with Crippen LogP contribution < -0.4 is 0 Å². The predicted molar refractivity (Wildman–Crippen MR) is 103 cm³/mol. The quantitative estimate of drug-likeness (QED) is 0.741. The first-order valence-corrected chi connectivity index (χ1v) is 9.45. The lowest BCUT2D eigenvalue weighted by molar-refractivity contribution is -0.145. The first kappa shape index (κ1) is 21.8. The molecule has 162 valence electrons. The number of carboxylic acids is 1. The summed E-state index contributed by atoms with van der Waals surface area (Å²) < 4.78 is 33.7. The van der Waals surface area contributed by atoms with Crippen LogP contribution in [0.5, 0.6) is 0 Å². The normalized spacial score (nSPS) is 17.3. The lowest BCUT2D eigenvalue weighted by Gasteiger charge is -2.39. The van der Waals surface area contributed by atoms with Crippen molar-refractivity contribution in [1.29, 1.82) is 0 Å². The number of halogens is 3. The van der Waals surface area contributed by atoms with Crippen molar-refractivity contribution in [3.8, 4) is 0 Å². The van der Waals surface area contributed by atoms with E-state index >= 15 is 0 Å². The van der Waals surface area contributed by atoms with Crippen LogP contribution in [0.1, 0.15) is 31.3 Å². The highest BCUT2D eigenvalue weighted by Gasteiger charge is 2.40. The maximum atomic E-state index is 14.8. The molecule has 30 heavy (non-hydrogen) atoms. The molecule has 1 atom stereocenters. The number of hydrogen-bond donors (Lipinski definition) is 2. The second kappa shape index (κ2) is 7.75. The molecule has 0 radical (unpaired) electrons. The second-order valence-electron chi connectivity index (χ2n) is 7.88. The van der Waals surface area contributed by atoms with E-state index in [-0.39, 0.29) is 30.5 Å². The van der Waals surface area contributed by atoms with Crippen molar-refractivity contribution in [2.24, 2.45) is 0 Å². The Labute approximate surface area is 175 Å². The molecule has 0 spiro atoms. The van der Waals surface area contributed by atoms with Crippen molar-refractivity contribution >= 4 is 40.5 Å². The number of nitrogens with zero attached hydrogens (tertiary/aromatic N) is 2. The molecule has 0 saturated carbocycles. The maximum Gasteiger partial charge on any atom is 0.411 e. The Morgan fingerprint density at radius 2 is 1.90 bits per heavy atom. The van der Waals surface area contributed by atoms with Gasteiger partial charge in [-0.25, -0.2) is 18.4 Å².